The molecule has 1 aliphatic heterocycles. The van der Waals surface area contributed by atoms with E-state index in [9.17, 15) is 0 Å². The average molecular weight is 127 g/mol. The monoisotopic (exact) mass is 127 g/mol. The summed E-state index contributed by atoms with van der Waals surface area (Å²) in [7, 11) is 4.14. The standard InChI is InChI=1S/C6H13N3/c1-8-5-3-7-4-6-9(8)2/h3H,4-6H2,1-2H3. The lowest BCUT2D eigenvalue weighted by Crippen LogP contribution is -2.37. The van der Waals surface area contributed by atoms with Crippen LogP contribution in [0.15, 0.2) is 4.99 Å². The molecule has 0 fully saturated rings. The van der Waals surface area contributed by atoms with E-state index in [-0.39, 0.29) is 0 Å². The summed E-state index contributed by atoms with van der Waals surface area (Å²) in [6.07, 6.45) is 1.96. The second-order valence-electron chi connectivity index (χ2n) is 2.31. The summed E-state index contributed by atoms with van der Waals surface area (Å²) in [5.74, 6) is 0. The summed E-state index contributed by atoms with van der Waals surface area (Å²) in [6.45, 7) is 2.91. The number of hydrazine groups is 1. The molecule has 1 heterocycles. The van der Waals surface area contributed by atoms with Gasteiger partial charge in [0.25, 0.3) is 0 Å². The Kier molecular flexibility index (Phi) is 2.19. The van der Waals surface area contributed by atoms with Gasteiger partial charge in [0.1, 0.15) is 0 Å². The molecular formula is C6H13N3. The van der Waals surface area contributed by atoms with Crippen LogP contribution in [0.5, 0.6) is 0 Å². The number of hydrogen-bond donors (Lipinski definition) is 0. The zero-order valence-electron chi connectivity index (χ0n) is 6.04. The molecule has 0 aromatic carbocycles. The molecule has 52 valence electrons. The zero-order valence-corrected chi connectivity index (χ0v) is 6.04. The summed E-state index contributed by atoms with van der Waals surface area (Å²) in [4.78, 5) is 4.16. The van der Waals surface area contributed by atoms with Crippen molar-refractivity contribution in [3.63, 3.8) is 0 Å². The molecule has 0 bridgehead atoms. The molecule has 0 spiro atoms. The maximum atomic E-state index is 4.16. The number of nitrogens with zero attached hydrogens (tertiary/aromatic N) is 3. The topological polar surface area (TPSA) is 18.8 Å². The van der Waals surface area contributed by atoms with Crippen LogP contribution in [0, 0.1) is 0 Å². The van der Waals surface area contributed by atoms with Gasteiger partial charge in [-0.15, -0.1) is 0 Å². The predicted molar refractivity (Wildman–Crippen MR) is 38.6 cm³/mol. The van der Waals surface area contributed by atoms with E-state index in [0.29, 0.717) is 0 Å². The molecule has 9 heavy (non-hydrogen) atoms. The van der Waals surface area contributed by atoms with Gasteiger partial charge in [-0.1, -0.05) is 0 Å². The third kappa shape index (κ3) is 1.77. The van der Waals surface area contributed by atoms with Crippen LogP contribution in [0.4, 0.5) is 0 Å². The van der Waals surface area contributed by atoms with Crippen molar-refractivity contribution in [3.8, 4) is 0 Å². The molecule has 0 saturated heterocycles. The minimum Gasteiger partial charge on any atom is -0.295 e. The summed E-state index contributed by atoms with van der Waals surface area (Å²) in [5.41, 5.74) is 0. The molecule has 1 aliphatic rings. The van der Waals surface area contributed by atoms with Crippen molar-refractivity contribution in [2.75, 3.05) is 33.7 Å². The van der Waals surface area contributed by atoms with Gasteiger partial charge in [-0.2, -0.15) is 0 Å². The van der Waals surface area contributed by atoms with E-state index in [1.54, 1.807) is 0 Å². The Hall–Kier alpha value is -0.410. The van der Waals surface area contributed by atoms with E-state index < -0.39 is 0 Å². The lowest BCUT2D eigenvalue weighted by Gasteiger charge is -2.23. The maximum Gasteiger partial charge on any atom is 0.0527 e. The smallest absolute Gasteiger partial charge is 0.0527 e. The van der Waals surface area contributed by atoms with Crippen LogP contribution in [-0.4, -0.2) is 50.0 Å². The molecule has 0 aliphatic carbocycles. The van der Waals surface area contributed by atoms with Gasteiger partial charge in [0.2, 0.25) is 0 Å². The Morgan fingerprint density at radius 3 is 2.89 bits per heavy atom. The third-order valence-corrected chi connectivity index (χ3v) is 1.61. The minimum absolute atomic E-state index is 0.931. The minimum atomic E-state index is 0.931. The Balaban J connectivity index is 2.42. The second kappa shape index (κ2) is 2.94. The van der Waals surface area contributed by atoms with Crippen molar-refractivity contribution in [1.82, 2.24) is 10.0 Å². The molecular weight excluding hydrogens is 114 g/mol. The van der Waals surface area contributed by atoms with E-state index in [4.69, 9.17) is 0 Å². The van der Waals surface area contributed by atoms with Crippen LogP contribution in [0.3, 0.4) is 0 Å². The summed E-state index contributed by atoms with van der Waals surface area (Å²) in [6, 6.07) is 0. The second-order valence-corrected chi connectivity index (χ2v) is 2.31. The highest BCUT2D eigenvalue weighted by Crippen LogP contribution is 1.91. The zero-order chi connectivity index (χ0) is 6.69. The van der Waals surface area contributed by atoms with Crippen LogP contribution in [0.25, 0.3) is 0 Å². The fourth-order valence-electron chi connectivity index (χ4n) is 0.780. The fourth-order valence-corrected chi connectivity index (χ4v) is 0.780. The predicted octanol–water partition coefficient (Wildman–Crippen LogP) is -0.151. The molecule has 0 N–H and O–H groups in total. The van der Waals surface area contributed by atoms with Gasteiger partial charge in [-0.3, -0.25) is 4.99 Å². The summed E-state index contributed by atoms with van der Waals surface area (Å²) < 4.78 is 0. The van der Waals surface area contributed by atoms with Crippen molar-refractivity contribution < 1.29 is 0 Å². The summed E-state index contributed by atoms with van der Waals surface area (Å²) >= 11 is 0. The largest absolute Gasteiger partial charge is 0.295 e. The van der Waals surface area contributed by atoms with Gasteiger partial charge >= 0.3 is 0 Å². The van der Waals surface area contributed by atoms with Gasteiger partial charge in [-0.05, 0) is 0 Å². The summed E-state index contributed by atoms with van der Waals surface area (Å²) in [5, 5.41) is 4.32. The van der Waals surface area contributed by atoms with Gasteiger partial charge in [0, 0.05) is 33.4 Å². The maximum absolute atomic E-state index is 4.16. The highest BCUT2D eigenvalue weighted by molar-refractivity contribution is 5.59. The number of hydrogen-bond acceptors (Lipinski definition) is 3. The Labute approximate surface area is 55.9 Å². The van der Waals surface area contributed by atoms with Gasteiger partial charge in [-0.25, -0.2) is 10.0 Å². The molecule has 0 saturated carbocycles. The molecule has 0 aromatic heterocycles. The van der Waals surface area contributed by atoms with Crippen LogP contribution in [-0.2, 0) is 0 Å². The number of rotatable bonds is 0. The van der Waals surface area contributed by atoms with Gasteiger partial charge < -0.3 is 0 Å². The van der Waals surface area contributed by atoms with Crippen LogP contribution < -0.4 is 0 Å². The Morgan fingerprint density at radius 1 is 1.33 bits per heavy atom. The lowest BCUT2D eigenvalue weighted by molar-refractivity contribution is 0.0524. The molecule has 0 radical (unpaired) electrons. The third-order valence-electron chi connectivity index (χ3n) is 1.61. The van der Waals surface area contributed by atoms with E-state index in [1.165, 1.54) is 0 Å². The number of aliphatic imine (C=N–C) groups is 1. The average Bonchev–Trinajstić information content (AvgIpc) is 1.99. The highest BCUT2D eigenvalue weighted by Gasteiger charge is 2.04. The first-order valence-corrected chi connectivity index (χ1v) is 3.21. The Morgan fingerprint density at radius 2 is 2.11 bits per heavy atom. The normalized spacial score (nSPS) is 24.2. The van der Waals surface area contributed by atoms with Gasteiger partial charge in [0.05, 0.1) is 6.54 Å². The molecule has 0 atom stereocenters. The molecule has 0 amide bonds. The van der Waals surface area contributed by atoms with E-state index in [0.717, 1.165) is 19.6 Å². The number of likely N-dealkylation sites (N-methyl/N-ethyl adjacent to an activating group) is 1. The van der Waals surface area contributed by atoms with Crippen LogP contribution >= 0.6 is 0 Å². The van der Waals surface area contributed by atoms with Crippen LogP contribution in [0.1, 0.15) is 0 Å². The Bertz CT molecular complexity index is 111. The highest BCUT2D eigenvalue weighted by atomic mass is 15.6. The molecule has 3 heteroatoms. The van der Waals surface area contributed by atoms with Crippen molar-refractivity contribution in [2.24, 2.45) is 4.99 Å². The first-order valence-electron chi connectivity index (χ1n) is 3.21. The van der Waals surface area contributed by atoms with E-state index >= 15 is 0 Å². The lowest BCUT2D eigenvalue weighted by atomic mass is 10.6. The molecule has 1 rings (SSSR count). The van der Waals surface area contributed by atoms with Crippen molar-refractivity contribution >= 4 is 6.21 Å². The van der Waals surface area contributed by atoms with Crippen molar-refractivity contribution in [2.45, 2.75) is 0 Å². The first-order chi connectivity index (χ1) is 4.30. The van der Waals surface area contributed by atoms with E-state index in [1.807, 2.05) is 6.21 Å². The first kappa shape index (κ1) is 6.71. The van der Waals surface area contributed by atoms with Gasteiger partial charge in [0.15, 0.2) is 0 Å². The van der Waals surface area contributed by atoms with Crippen molar-refractivity contribution in [1.29, 1.82) is 0 Å². The molecule has 0 aromatic rings. The van der Waals surface area contributed by atoms with Crippen LogP contribution in [0.2, 0.25) is 0 Å². The van der Waals surface area contributed by atoms with E-state index in [2.05, 4.69) is 29.1 Å². The van der Waals surface area contributed by atoms with Crippen molar-refractivity contribution in [3.05, 3.63) is 0 Å². The quantitative estimate of drug-likeness (QED) is 0.450. The SMILES string of the molecule is CN1CC=NCCN1C. The molecule has 0 unspecified atom stereocenters. The fraction of sp³-hybridized carbons (Fsp3) is 0.833. The molecule has 3 nitrogen and oxygen atoms in total.